The summed E-state index contributed by atoms with van der Waals surface area (Å²) < 4.78 is 1.02. The second-order valence-corrected chi connectivity index (χ2v) is 5.87. The molecule has 1 amide bonds. The largest absolute Gasteiger partial charge is 0.368 e. The molecule has 1 heterocycles. The van der Waals surface area contributed by atoms with Crippen LogP contribution in [0.15, 0.2) is 28.7 Å². The van der Waals surface area contributed by atoms with Gasteiger partial charge in [-0.15, -0.1) is 0 Å². The minimum absolute atomic E-state index is 0.0512. The molecule has 0 saturated carbocycles. The van der Waals surface area contributed by atoms with Crippen LogP contribution >= 0.6 is 15.9 Å². The van der Waals surface area contributed by atoms with Gasteiger partial charge in [-0.25, -0.2) is 0 Å². The summed E-state index contributed by atoms with van der Waals surface area (Å²) in [6.07, 6.45) is 2.98. The number of carbonyl (C=O) groups excluding carboxylic acids is 1. The Balaban J connectivity index is 2.26. The van der Waals surface area contributed by atoms with E-state index in [-0.39, 0.29) is 18.0 Å². The summed E-state index contributed by atoms with van der Waals surface area (Å²) in [5, 5.41) is 0. The minimum atomic E-state index is -0.242. The van der Waals surface area contributed by atoms with Gasteiger partial charge in [0, 0.05) is 17.1 Å². The van der Waals surface area contributed by atoms with E-state index in [4.69, 9.17) is 11.5 Å². The maximum absolute atomic E-state index is 11.6. The van der Waals surface area contributed by atoms with E-state index in [1.165, 1.54) is 0 Å². The predicted octanol–water partition coefficient (Wildman–Crippen LogP) is 1.79. The second-order valence-electron chi connectivity index (χ2n) is 4.96. The normalized spacial score (nSPS) is 22.1. The van der Waals surface area contributed by atoms with Crippen molar-refractivity contribution in [2.75, 3.05) is 13.1 Å². The lowest BCUT2D eigenvalue weighted by Crippen LogP contribution is -2.50. The van der Waals surface area contributed by atoms with Crippen molar-refractivity contribution >= 4 is 21.8 Å². The minimum Gasteiger partial charge on any atom is -0.368 e. The van der Waals surface area contributed by atoms with E-state index in [0.717, 1.165) is 35.8 Å². The van der Waals surface area contributed by atoms with Crippen LogP contribution in [-0.4, -0.2) is 29.9 Å². The third-order valence-electron chi connectivity index (χ3n) is 3.73. The molecular weight excluding hydrogens is 306 g/mol. The van der Waals surface area contributed by atoms with Crippen molar-refractivity contribution in [1.29, 1.82) is 0 Å². The molecule has 19 heavy (non-hydrogen) atoms. The third kappa shape index (κ3) is 3.35. The lowest BCUT2D eigenvalue weighted by atomic mass is 9.96. The Bertz CT molecular complexity index is 452. The van der Waals surface area contributed by atoms with Crippen molar-refractivity contribution in [1.82, 2.24) is 4.90 Å². The fourth-order valence-electron chi connectivity index (χ4n) is 2.81. The predicted molar refractivity (Wildman–Crippen MR) is 79.5 cm³/mol. The number of hydrogen-bond donors (Lipinski definition) is 2. The Morgan fingerprint density at radius 1 is 1.47 bits per heavy atom. The Kier molecular flexibility index (Phi) is 4.96. The van der Waals surface area contributed by atoms with Crippen LogP contribution in [0.25, 0.3) is 0 Å². The Labute approximate surface area is 122 Å². The first-order valence-electron chi connectivity index (χ1n) is 6.64. The van der Waals surface area contributed by atoms with Crippen LogP contribution in [0.5, 0.6) is 0 Å². The highest BCUT2D eigenvalue weighted by Gasteiger charge is 2.32. The van der Waals surface area contributed by atoms with Crippen molar-refractivity contribution in [3.05, 3.63) is 34.3 Å². The molecule has 1 aromatic rings. The van der Waals surface area contributed by atoms with Gasteiger partial charge >= 0.3 is 0 Å². The van der Waals surface area contributed by atoms with Gasteiger partial charge in [-0.1, -0.05) is 34.5 Å². The summed E-state index contributed by atoms with van der Waals surface area (Å²) in [5.41, 5.74) is 12.6. The molecule has 0 aromatic heterocycles. The molecule has 0 radical (unpaired) electrons. The Hall–Kier alpha value is -0.910. The first kappa shape index (κ1) is 14.5. The van der Waals surface area contributed by atoms with Gasteiger partial charge in [-0.2, -0.15) is 0 Å². The maximum atomic E-state index is 11.6. The van der Waals surface area contributed by atoms with Crippen LogP contribution in [0, 0.1) is 0 Å². The van der Waals surface area contributed by atoms with Crippen LogP contribution in [0.4, 0.5) is 0 Å². The van der Waals surface area contributed by atoms with Crippen molar-refractivity contribution in [3.63, 3.8) is 0 Å². The molecule has 1 saturated heterocycles. The standard InChI is InChI=1S/C14H20BrN3O/c15-11-5-3-4-10(8-11)13(9-16)18-7-2-1-6-12(18)14(17)19/h3-5,8,12-13H,1-2,6-7,9,16H2,(H2,17,19). The zero-order valence-corrected chi connectivity index (χ0v) is 12.5. The summed E-state index contributed by atoms with van der Waals surface area (Å²) >= 11 is 3.48. The highest BCUT2D eigenvalue weighted by atomic mass is 79.9. The zero-order valence-electron chi connectivity index (χ0n) is 10.9. The van der Waals surface area contributed by atoms with Crippen molar-refractivity contribution in [2.45, 2.75) is 31.3 Å². The fourth-order valence-corrected chi connectivity index (χ4v) is 3.23. The fraction of sp³-hybridized carbons (Fsp3) is 0.500. The third-order valence-corrected chi connectivity index (χ3v) is 4.22. The van der Waals surface area contributed by atoms with Crippen molar-refractivity contribution in [3.8, 4) is 0 Å². The average Bonchev–Trinajstić information content (AvgIpc) is 2.40. The molecule has 5 heteroatoms. The van der Waals surface area contributed by atoms with Crippen LogP contribution in [0.2, 0.25) is 0 Å². The van der Waals surface area contributed by atoms with Gasteiger partial charge in [-0.3, -0.25) is 9.69 Å². The van der Waals surface area contributed by atoms with E-state index >= 15 is 0 Å². The molecule has 1 fully saturated rings. The number of piperidine rings is 1. The van der Waals surface area contributed by atoms with Crippen LogP contribution < -0.4 is 11.5 Å². The van der Waals surface area contributed by atoms with E-state index in [1.807, 2.05) is 12.1 Å². The Morgan fingerprint density at radius 2 is 2.26 bits per heavy atom. The summed E-state index contributed by atoms with van der Waals surface area (Å²) in [4.78, 5) is 13.8. The number of likely N-dealkylation sites (tertiary alicyclic amines) is 1. The molecular formula is C14H20BrN3O. The average molecular weight is 326 g/mol. The first-order valence-corrected chi connectivity index (χ1v) is 7.43. The number of primary amides is 1. The lowest BCUT2D eigenvalue weighted by molar-refractivity contribution is -0.125. The van der Waals surface area contributed by atoms with E-state index in [1.54, 1.807) is 0 Å². The lowest BCUT2D eigenvalue weighted by Gasteiger charge is -2.39. The number of carbonyl (C=O) groups is 1. The number of rotatable bonds is 4. The number of nitrogens with two attached hydrogens (primary N) is 2. The van der Waals surface area contributed by atoms with Crippen LogP contribution in [-0.2, 0) is 4.79 Å². The van der Waals surface area contributed by atoms with Gasteiger partial charge in [0.25, 0.3) is 0 Å². The summed E-state index contributed by atoms with van der Waals surface area (Å²) in [7, 11) is 0. The molecule has 4 N–H and O–H groups in total. The molecule has 2 unspecified atom stereocenters. The molecule has 0 spiro atoms. The van der Waals surface area contributed by atoms with Gasteiger partial charge in [-0.05, 0) is 37.1 Å². The smallest absolute Gasteiger partial charge is 0.234 e. The maximum Gasteiger partial charge on any atom is 0.234 e. The van der Waals surface area contributed by atoms with E-state index in [0.29, 0.717) is 6.54 Å². The molecule has 1 aliphatic heterocycles. The number of amides is 1. The second kappa shape index (κ2) is 6.50. The molecule has 1 aromatic carbocycles. The highest BCUT2D eigenvalue weighted by Crippen LogP contribution is 2.29. The molecule has 2 rings (SSSR count). The molecule has 104 valence electrons. The van der Waals surface area contributed by atoms with Crippen molar-refractivity contribution < 1.29 is 4.79 Å². The molecule has 2 atom stereocenters. The SMILES string of the molecule is NCC(c1cccc(Br)c1)N1CCCCC1C(N)=O. The number of halogens is 1. The molecule has 1 aliphatic rings. The van der Waals surface area contributed by atoms with Crippen LogP contribution in [0.3, 0.4) is 0 Å². The van der Waals surface area contributed by atoms with Gasteiger partial charge in [0.2, 0.25) is 5.91 Å². The number of hydrogen-bond acceptors (Lipinski definition) is 3. The molecule has 0 aliphatic carbocycles. The van der Waals surface area contributed by atoms with Gasteiger partial charge < -0.3 is 11.5 Å². The first-order chi connectivity index (χ1) is 9.13. The van der Waals surface area contributed by atoms with Crippen LogP contribution in [0.1, 0.15) is 30.9 Å². The quantitative estimate of drug-likeness (QED) is 0.886. The number of nitrogens with zero attached hydrogens (tertiary/aromatic N) is 1. The number of benzene rings is 1. The summed E-state index contributed by atoms with van der Waals surface area (Å²) in [6, 6.07) is 7.94. The van der Waals surface area contributed by atoms with Gasteiger partial charge in [0.15, 0.2) is 0 Å². The summed E-state index contributed by atoms with van der Waals surface area (Å²) in [6.45, 7) is 1.36. The topological polar surface area (TPSA) is 72.3 Å². The highest BCUT2D eigenvalue weighted by molar-refractivity contribution is 9.10. The molecule has 4 nitrogen and oxygen atoms in total. The Morgan fingerprint density at radius 3 is 2.89 bits per heavy atom. The van der Waals surface area contributed by atoms with E-state index < -0.39 is 0 Å². The van der Waals surface area contributed by atoms with E-state index in [2.05, 4.69) is 33.0 Å². The summed E-state index contributed by atoms with van der Waals surface area (Å²) in [5.74, 6) is -0.242. The zero-order chi connectivity index (χ0) is 13.8. The van der Waals surface area contributed by atoms with Crippen molar-refractivity contribution in [2.24, 2.45) is 11.5 Å². The van der Waals surface area contributed by atoms with Gasteiger partial charge in [0.05, 0.1) is 6.04 Å². The van der Waals surface area contributed by atoms with Gasteiger partial charge in [0.1, 0.15) is 0 Å². The molecule has 0 bridgehead atoms. The monoisotopic (exact) mass is 325 g/mol. The van der Waals surface area contributed by atoms with E-state index in [9.17, 15) is 4.79 Å².